The number of rotatable bonds is 5. The van der Waals surface area contributed by atoms with Gasteiger partial charge in [-0.15, -0.1) is 0 Å². The Morgan fingerprint density at radius 2 is 2.05 bits per heavy atom. The molecule has 2 heterocycles. The van der Waals surface area contributed by atoms with E-state index in [1.54, 1.807) is 0 Å². The van der Waals surface area contributed by atoms with Crippen molar-refractivity contribution < 1.29 is 8.42 Å². The minimum Gasteiger partial charge on any atom is -0.310 e. The average molecular weight is 306 g/mol. The van der Waals surface area contributed by atoms with Crippen LogP contribution in [0.1, 0.15) is 18.5 Å². The van der Waals surface area contributed by atoms with E-state index in [9.17, 15) is 8.42 Å². The van der Waals surface area contributed by atoms with Gasteiger partial charge in [0.2, 0.25) is 0 Å². The number of sulfone groups is 1. The molecule has 0 aliphatic carbocycles. The van der Waals surface area contributed by atoms with Crippen LogP contribution in [0, 0.1) is 0 Å². The third-order valence-corrected chi connectivity index (χ3v) is 6.07. The van der Waals surface area contributed by atoms with Crippen LogP contribution in [0.5, 0.6) is 0 Å². The third kappa shape index (κ3) is 3.14. The number of aromatic amines is 1. The van der Waals surface area contributed by atoms with Crippen molar-refractivity contribution in [3.05, 3.63) is 36.0 Å². The standard InChI is InChI=1S/C14H18N4O2S/c19-21(20)8-4-7-12(21)9-15-10-13-14(17-18-16-13)11-5-2-1-3-6-11/h1-3,5-6,12,15H,4,7-10H2,(H,16,17,18). The molecular formula is C14H18N4O2S. The summed E-state index contributed by atoms with van der Waals surface area (Å²) in [7, 11) is -2.90. The minimum absolute atomic E-state index is 0.260. The molecule has 2 N–H and O–H groups in total. The van der Waals surface area contributed by atoms with E-state index in [4.69, 9.17) is 0 Å². The molecule has 0 spiro atoms. The summed E-state index contributed by atoms with van der Waals surface area (Å²) in [5, 5.41) is 13.9. The van der Waals surface area contributed by atoms with Crippen molar-refractivity contribution in [1.82, 2.24) is 20.7 Å². The number of nitrogens with one attached hydrogen (secondary N) is 2. The predicted octanol–water partition coefficient (Wildman–Crippen LogP) is 1.14. The van der Waals surface area contributed by atoms with Gasteiger partial charge in [-0.25, -0.2) is 8.42 Å². The largest absolute Gasteiger partial charge is 0.310 e. The summed E-state index contributed by atoms with van der Waals surface area (Å²) in [6, 6.07) is 9.80. The van der Waals surface area contributed by atoms with E-state index in [1.807, 2.05) is 30.3 Å². The van der Waals surface area contributed by atoms with Crippen molar-refractivity contribution in [3.63, 3.8) is 0 Å². The van der Waals surface area contributed by atoms with Crippen LogP contribution in [0.4, 0.5) is 0 Å². The normalized spacial score (nSPS) is 20.7. The minimum atomic E-state index is -2.90. The summed E-state index contributed by atoms with van der Waals surface area (Å²) < 4.78 is 23.5. The van der Waals surface area contributed by atoms with Gasteiger partial charge >= 0.3 is 0 Å². The molecule has 3 rings (SSSR count). The quantitative estimate of drug-likeness (QED) is 0.865. The number of hydrogen-bond donors (Lipinski definition) is 2. The second-order valence-electron chi connectivity index (χ2n) is 5.25. The molecule has 1 aliphatic rings. The molecule has 0 amide bonds. The fraction of sp³-hybridized carbons (Fsp3) is 0.429. The lowest BCUT2D eigenvalue weighted by atomic mass is 10.1. The van der Waals surface area contributed by atoms with E-state index in [2.05, 4.69) is 20.7 Å². The number of benzene rings is 1. The molecule has 1 fully saturated rings. The van der Waals surface area contributed by atoms with Gasteiger partial charge in [-0.3, -0.25) is 0 Å². The zero-order valence-electron chi connectivity index (χ0n) is 11.6. The molecular weight excluding hydrogens is 288 g/mol. The van der Waals surface area contributed by atoms with Gasteiger partial charge in [0.15, 0.2) is 9.84 Å². The Labute approximate surface area is 123 Å². The number of H-pyrrole nitrogens is 1. The van der Waals surface area contributed by atoms with Gasteiger partial charge in [0.1, 0.15) is 11.4 Å². The van der Waals surface area contributed by atoms with Gasteiger partial charge in [-0.2, -0.15) is 15.4 Å². The Bertz CT molecular complexity index is 697. The Morgan fingerprint density at radius 1 is 1.24 bits per heavy atom. The molecule has 1 atom stereocenters. The molecule has 1 aromatic heterocycles. The molecule has 0 bridgehead atoms. The second-order valence-corrected chi connectivity index (χ2v) is 7.65. The van der Waals surface area contributed by atoms with Gasteiger partial charge in [-0.1, -0.05) is 30.3 Å². The van der Waals surface area contributed by atoms with Gasteiger partial charge in [-0.05, 0) is 12.8 Å². The molecule has 6 nitrogen and oxygen atoms in total. The van der Waals surface area contributed by atoms with E-state index >= 15 is 0 Å². The highest BCUT2D eigenvalue weighted by Crippen LogP contribution is 2.20. The Hall–Kier alpha value is -1.73. The maximum Gasteiger partial charge on any atom is 0.154 e. The van der Waals surface area contributed by atoms with Gasteiger partial charge in [0.05, 0.1) is 11.0 Å². The number of aromatic nitrogens is 3. The van der Waals surface area contributed by atoms with Crippen molar-refractivity contribution >= 4 is 9.84 Å². The molecule has 0 saturated carbocycles. The van der Waals surface area contributed by atoms with Crippen LogP contribution in [0.3, 0.4) is 0 Å². The highest BCUT2D eigenvalue weighted by Gasteiger charge is 2.30. The van der Waals surface area contributed by atoms with E-state index in [0.29, 0.717) is 18.8 Å². The Morgan fingerprint density at radius 3 is 2.76 bits per heavy atom. The van der Waals surface area contributed by atoms with E-state index in [0.717, 1.165) is 29.8 Å². The second kappa shape index (κ2) is 5.95. The van der Waals surface area contributed by atoms with E-state index < -0.39 is 9.84 Å². The molecule has 21 heavy (non-hydrogen) atoms. The van der Waals surface area contributed by atoms with Gasteiger partial charge in [0, 0.05) is 18.7 Å². The summed E-state index contributed by atoms with van der Waals surface area (Å²) in [4.78, 5) is 0. The number of hydrogen-bond acceptors (Lipinski definition) is 5. The Kier molecular flexibility index (Phi) is 4.03. The van der Waals surface area contributed by atoms with Crippen LogP contribution >= 0.6 is 0 Å². The molecule has 1 saturated heterocycles. The third-order valence-electron chi connectivity index (χ3n) is 3.79. The first-order chi connectivity index (χ1) is 10.2. The van der Waals surface area contributed by atoms with Crippen LogP contribution in [-0.2, 0) is 16.4 Å². The molecule has 2 aromatic rings. The van der Waals surface area contributed by atoms with Crippen LogP contribution in [0.15, 0.2) is 30.3 Å². The SMILES string of the molecule is O=S1(=O)CCCC1CNCc1n[nH]nc1-c1ccccc1. The smallest absolute Gasteiger partial charge is 0.154 e. The molecule has 1 aromatic carbocycles. The molecule has 112 valence electrons. The van der Waals surface area contributed by atoms with Crippen molar-refractivity contribution in [2.75, 3.05) is 12.3 Å². The van der Waals surface area contributed by atoms with E-state index in [1.165, 1.54) is 0 Å². The van der Waals surface area contributed by atoms with Crippen molar-refractivity contribution in [3.8, 4) is 11.3 Å². The maximum absolute atomic E-state index is 11.8. The monoisotopic (exact) mass is 306 g/mol. The summed E-state index contributed by atoms with van der Waals surface area (Å²) in [5.41, 5.74) is 2.60. The first-order valence-electron chi connectivity index (χ1n) is 7.04. The fourth-order valence-corrected chi connectivity index (χ4v) is 4.44. The van der Waals surface area contributed by atoms with E-state index in [-0.39, 0.29) is 5.25 Å². The summed E-state index contributed by atoms with van der Waals surface area (Å²) >= 11 is 0. The zero-order valence-corrected chi connectivity index (χ0v) is 12.4. The van der Waals surface area contributed by atoms with Crippen LogP contribution in [0.25, 0.3) is 11.3 Å². The molecule has 1 aliphatic heterocycles. The lowest BCUT2D eigenvalue weighted by Gasteiger charge is -2.10. The lowest BCUT2D eigenvalue weighted by molar-refractivity contribution is 0.572. The van der Waals surface area contributed by atoms with Crippen LogP contribution in [0.2, 0.25) is 0 Å². The summed E-state index contributed by atoms with van der Waals surface area (Å²) in [5.74, 6) is 0.318. The van der Waals surface area contributed by atoms with Crippen molar-refractivity contribution in [1.29, 1.82) is 0 Å². The molecule has 1 unspecified atom stereocenters. The topological polar surface area (TPSA) is 87.7 Å². The predicted molar refractivity (Wildman–Crippen MR) is 80.3 cm³/mol. The van der Waals surface area contributed by atoms with Gasteiger partial charge in [0.25, 0.3) is 0 Å². The maximum atomic E-state index is 11.8. The van der Waals surface area contributed by atoms with Crippen molar-refractivity contribution in [2.45, 2.75) is 24.6 Å². The van der Waals surface area contributed by atoms with Crippen molar-refractivity contribution in [2.24, 2.45) is 0 Å². The summed E-state index contributed by atoms with van der Waals surface area (Å²) in [6.45, 7) is 0.982. The Balaban J connectivity index is 1.63. The first-order valence-corrected chi connectivity index (χ1v) is 8.76. The highest BCUT2D eigenvalue weighted by molar-refractivity contribution is 7.92. The summed E-state index contributed by atoms with van der Waals surface area (Å²) in [6.07, 6.45) is 1.52. The first kappa shape index (κ1) is 14.2. The molecule has 0 radical (unpaired) electrons. The fourth-order valence-electron chi connectivity index (χ4n) is 2.64. The number of nitrogens with zero attached hydrogens (tertiary/aromatic N) is 2. The lowest BCUT2D eigenvalue weighted by Crippen LogP contribution is -2.30. The zero-order chi connectivity index (χ0) is 14.7. The van der Waals surface area contributed by atoms with Crippen LogP contribution in [-0.4, -0.2) is 41.4 Å². The highest BCUT2D eigenvalue weighted by atomic mass is 32.2. The van der Waals surface area contributed by atoms with Crippen LogP contribution < -0.4 is 5.32 Å². The average Bonchev–Trinajstić information content (AvgIpc) is 3.07. The molecule has 7 heteroatoms. The van der Waals surface area contributed by atoms with Gasteiger partial charge < -0.3 is 5.32 Å².